The molecular formula is C24H43N7O10. The summed E-state index contributed by atoms with van der Waals surface area (Å²) in [5.74, 6) is -1.02. The van der Waals surface area contributed by atoms with Gasteiger partial charge in [-0.1, -0.05) is 23.1 Å². The summed E-state index contributed by atoms with van der Waals surface area (Å²) in [6, 6.07) is -0.801. The molecule has 1 amide bonds. The van der Waals surface area contributed by atoms with E-state index in [2.05, 4.69) is 25.4 Å². The number of Topliss-reactive ketones (excluding diaryl/α,β-unsaturated/α-hetero) is 1. The van der Waals surface area contributed by atoms with E-state index in [-0.39, 0.29) is 51.9 Å². The second kappa shape index (κ2) is 30.0. The van der Waals surface area contributed by atoms with Crippen LogP contribution in [0.15, 0.2) is 10.2 Å². The average molecular weight is 590 g/mol. The van der Waals surface area contributed by atoms with Gasteiger partial charge in [0.2, 0.25) is 5.91 Å². The van der Waals surface area contributed by atoms with E-state index in [0.717, 1.165) is 0 Å². The van der Waals surface area contributed by atoms with Crippen molar-refractivity contribution in [2.45, 2.75) is 38.1 Å². The number of methoxy groups -OCH3 is 1. The van der Waals surface area contributed by atoms with E-state index in [4.69, 9.17) is 44.2 Å². The van der Waals surface area contributed by atoms with E-state index in [9.17, 15) is 14.4 Å². The quantitative estimate of drug-likeness (QED) is 0.0420. The third-order valence-corrected chi connectivity index (χ3v) is 5.05. The minimum absolute atomic E-state index is 0.00452. The van der Waals surface area contributed by atoms with Crippen molar-refractivity contribution in [3.05, 3.63) is 20.9 Å². The van der Waals surface area contributed by atoms with E-state index < -0.39 is 17.9 Å². The second-order valence-corrected chi connectivity index (χ2v) is 8.24. The Morgan fingerprint density at radius 3 is 1.68 bits per heavy atom. The molecule has 1 N–H and O–H groups in total. The number of ether oxygens (including phenoxy) is 7. The molecule has 0 rings (SSSR count). The fraction of sp³-hybridized carbons (Fsp3) is 0.875. The van der Waals surface area contributed by atoms with E-state index in [0.29, 0.717) is 78.4 Å². The number of nitrogens with one attached hydrogen (secondary N) is 1. The molecule has 0 heterocycles. The molecule has 41 heavy (non-hydrogen) atoms. The van der Waals surface area contributed by atoms with Gasteiger partial charge in [-0.25, -0.2) is 4.79 Å². The Kier molecular flexibility index (Phi) is 27.8. The molecule has 0 bridgehead atoms. The summed E-state index contributed by atoms with van der Waals surface area (Å²) >= 11 is 0. The van der Waals surface area contributed by atoms with Crippen molar-refractivity contribution >= 4 is 17.7 Å². The van der Waals surface area contributed by atoms with Crippen LogP contribution in [-0.4, -0.2) is 123 Å². The Labute approximate surface area is 239 Å². The Morgan fingerprint density at radius 1 is 0.683 bits per heavy atom. The first-order valence-electron chi connectivity index (χ1n) is 13.4. The fourth-order valence-electron chi connectivity index (χ4n) is 3.08. The summed E-state index contributed by atoms with van der Waals surface area (Å²) < 4.78 is 36.3. The standard InChI is InChI=1S/C24H43N7O10/c1-35-24(34)22(29-23(33)20-41-18-16-39-14-12-37-10-8-28-31-26)6-4-2-3-5-21(32)19-40-17-15-38-13-11-36-9-7-27-30-25/h22H,2-20H2,1H3,(H,29,33). The molecule has 17 heteroatoms. The monoisotopic (exact) mass is 589 g/mol. The summed E-state index contributed by atoms with van der Waals surface area (Å²) in [5.41, 5.74) is 16.3. The zero-order valence-corrected chi connectivity index (χ0v) is 23.8. The van der Waals surface area contributed by atoms with Crippen LogP contribution in [0.2, 0.25) is 0 Å². The number of esters is 1. The summed E-state index contributed by atoms with van der Waals surface area (Å²) in [7, 11) is 1.25. The van der Waals surface area contributed by atoms with Crippen LogP contribution in [0.3, 0.4) is 0 Å². The van der Waals surface area contributed by atoms with Gasteiger partial charge in [0.05, 0.1) is 73.2 Å². The van der Waals surface area contributed by atoms with Crippen molar-refractivity contribution in [2.75, 3.05) is 99.5 Å². The largest absolute Gasteiger partial charge is 0.467 e. The van der Waals surface area contributed by atoms with Gasteiger partial charge in [-0.2, -0.15) is 0 Å². The van der Waals surface area contributed by atoms with E-state index >= 15 is 0 Å². The van der Waals surface area contributed by atoms with Gasteiger partial charge in [0.1, 0.15) is 19.3 Å². The zero-order chi connectivity index (χ0) is 30.2. The number of ketones is 1. The lowest BCUT2D eigenvalue weighted by Crippen LogP contribution is -2.43. The van der Waals surface area contributed by atoms with Gasteiger partial charge >= 0.3 is 5.97 Å². The van der Waals surface area contributed by atoms with Gasteiger partial charge in [0.25, 0.3) is 0 Å². The van der Waals surface area contributed by atoms with Crippen LogP contribution in [-0.2, 0) is 47.5 Å². The molecule has 0 saturated carbocycles. The molecule has 0 aliphatic rings. The molecular weight excluding hydrogens is 546 g/mol. The summed E-state index contributed by atoms with van der Waals surface area (Å²) in [4.78, 5) is 41.3. The summed E-state index contributed by atoms with van der Waals surface area (Å²) in [6.07, 6.45) is 2.68. The van der Waals surface area contributed by atoms with E-state index in [1.165, 1.54) is 7.11 Å². The van der Waals surface area contributed by atoms with Crippen LogP contribution in [0, 0.1) is 0 Å². The average Bonchev–Trinajstić information content (AvgIpc) is 2.97. The number of carbonyl (C=O) groups is 3. The minimum atomic E-state index is -0.801. The molecule has 0 radical (unpaired) electrons. The van der Waals surface area contributed by atoms with Crippen molar-refractivity contribution in [3.8, 4) is 0 Å². The number of hydrogen-bond acceptors (Lipinski definition) is 12. The normalized spacial score (nSPS) is 11.2. The molecule has 0 fully saturated rings. The number of nitrogens with zero attached hydrogens (tertiary/aromatic N) is 6. The topological polar surface area (TPSA) is 225 Å². The minimum Gasteiger partial charge on any atom is -0.467 e. The number of rotatable bonds is 30. The van der Waals surface area contributed by atoms with E-state index in [1.54, 1.807) is 0 Å². The molecule has 0 spiro atoms. The highest BCUT2D eigenvalue weighted by molar-refractivity contribution is 5.85. The Hall–Kier alpha value is -3.01. The molecule has 0 aromatic heterocycles. The molecule has 0 aromatic rings. The van der Waals surface area contributed by atoms with Crippen molar-refractivity contribution in [3.63, 3.8) is 0 Å². The number of hydrogen-bond donors (Lipinski definition) is 1. The highest BCUT2D eigenvalue weighted by Gasteiger charge is 2.21. The maximum Gasteiger partial charge on any atom is 0.328 e. The van der Waals surface area contributed by atoms with Crippen LogP contribution >= 0.6 is 0 Å². The lowest BCUT2D eigenvalue weighted by Gasteiger charge is -2.16. The molecule has 1 atom stereocenters. The van der Waals surface area contributed by atoms with Crippen molar-refractivity contribution in [1.29, 1.82) is 0 Å². The first-order valence-corrected chi connectivity index (χ1v) is 13.4. The summed E-state index contributed by atoms with van der Waals surface area (Å²) in [6.45, 7) is 3.49. The van der Waals surface area contributed by atoms with Gasteiger partial charge < -0.3 is 38.5 Å². The Balaban J connectivity index is 3.79. The van der Waals surface area contributed by atoms with Gasteiger partial charge in [-0.05, 0) is 23.9 Å². The number of carbonyl (C=O) groups excluding carboxylic acids is 3. The summed E-state index contributed by atoms with van der Waals surface area (Å²) in [5, 5.41) is 9.29. The second-order valence-electron chi connectivity index (χ2n) is 8.24. The van der Waals surface area contributed by atoms with Crippen molar-refractivity contribution in [2.24, 2.45) is 10.2 Å². The number of amides is 1. The van der Waals surface area contributed by atoms with Crippen LogP contribution < -0.4 is 5.32 Å². The van der Waals surface area contributed by atoms with Crippen LogP contribution in [0.25, 0.3) is 20.9 Å². The first kappa shape index (κ1) is 38.0. The molecule has 0 saturated heterocycles. The third-order valence-electron chi connectivity index (χ3n) is 5.05. The number of unbranched alkanes of at least 4 members (excludes halogenated alkanes) is 2. The number of azide groups is 2. The highest BCUT2D eigenvalue weighted by atomic mass is 16.6. The van der Waals surface area contributed by atoms with Crippen molar-refractivity contribution < 1.29 is 47.5 Å². The molecule has 234 valence electrons. The maximum absolute atomic E-state index is 12.1. The van der Waals surface area contributed by atoms with Crippen LogP contribution in [0.4, 0.5) is 0 Å². The first-order chi connectivity index (χ1) is 20.0. The van der Waals surface area contributed by atoms with Crippen LogP contribution in [0.1, 0.15) is 32.1 Å². The predicted octanol–water partition coefficient (Wildman–Crippen LogP) is 1.88. The van der Waals surface area contributed by atoms with Crippen molar-refractivity contribution in [1.82, 2.24) is 5.32 Å². The highest BCUT2D eigenvalue weighted by Crippen LogP contribution is 2.08. The molecule has 0 aliphatic carbocycles. The molecule has 0 aliphatic heterocycles. The van der Waals surface area contributed by atoms with Gasteiger partial charge in [0.15, 0.2) is 5.78 Å². The van der Waals surface area contributed by atoms with E-state index in [1.807, 2.05) is 0 Å². The molecule has 1 unspecified atom stereocenters. The van der Waals surface area contributed by atoms with Gasteiger partial charge in [0, 0.05) is 29.3 Å². The molecule has 0 aromatic carbocycles. The zero-order valence-electron chi connectivity index (χ0n) is 23.8. The van der Waals surface area contributed by atoms with Gasteiger partial charge in [-0.3, -0.25) is 9.59 Å². The maximum atomic E-state index is 12.1. The smallest absolute Gasteiger partial charge is 0.328 e. The SMILES string of the molecule is COC(=O)C(CCCCCC(=O)COCCOCCOCCN=[N+]=[N-])NC(=O)COCCOCCOCCN=[N+]=[N-]. The fourth-order valence-corrected chi connectivity index (χ4v) is 3.08. The lowest BCUT2D eigenvalue weighted by atomic mass is 10.1. The molecule has 17 nitrogen and oxygen atoms in total. The Morgan fingerprint density at radius 2 is 1.17 bits per heavy atom. The van der Waals surface area contributed by atoms with Gasteiger partial charge in [-0.15, -0.1) is 0 Å². The lowest BCUT2D eigenvalue weighted by molar-refractivity contribution is -0.146. The Bertz CT molecular complexity index is 793. The predicted molar refractivity (Wildman–Crippen MR) is 145 cm³/mol. The van der Waals surface area contributed by atoms with Crippen LogP contribution in [0.5, 0.6) is 0 Å². The third kappa shape index (κ3) is 27.0.